The number of sulfonamides is 1. The van der Waals surface area contributed by atoms with E-state index in [9.17, 15) is 17.2 Å². The highest BCUT2D eigenvalue weighted by molar-refractivity contribution is 7.89. The Morgan fingerprint density at radius 3 is 2.71 bits per heavy atom. The maximum atomic E-state index is 12.3. The van der Waals surface area contributed by atoms with Crippen molar-refractivity contribution < 1.29 is 21.9 Å². The molecular formula is C12H13F2N3O3S. The molecule has 0 aliphatic heterocycles. The van der Waals surface area contributed by atoms with Crippen molar-refractivity contribution in [2.24, 2.45) is 0 Å². The average molecular weight is 317 g/mol. The van der Waals surface area contributed by atoms with E-state index in [0.717, 1.165) is 0 Å². The number of aryl methyl sites for hydroxylation is 1. The molecule has 1 heterocycles. The van der Waals surface area contributed by atoms with Gasteiger partial charge in [0.25, 0.3) is 0 Å². The lowest BCUT2D eigenvalue weighted by Gasteiger charge is -2.11. The predicted octanol–water partition coefficient (Wildman–Crippen LogP) is 1.80. The van der Waals surface area contributed by atoms with Gasteiger partial charge in [-0.2, -0.15) is 13.9 Å². The maximum Gasteiger partial charge on any atom is 0.387 e. The Morgan fingerprint density at radius 2 is 2.10 bits per heavy atom. The van der Waals surface area contributed by atoms with Crippen molar-refractivity contribution in [1.29, 1.82) is 0 Å². The van der Waals surface area contributed by atoms with Crippen molar-refractivity contribution in [2.45, 2.75) is 25.0 Å². The monoisotopic (exact) mass is 317 g/mol. The quantitative estimate of drug-likeness (QED) is 0.851. The lowest BCUT2D eigenvalue weighted by Crippen LogP contribution is -2.24. The van der Waals surface area contributed by atoms with E-state index >= 15 is 0 Å². The number of hydrogen-bond acceptors (Lipinski definition) is 4. The summed E-state index contributed by atoms with van der Waals surface area (Å²) in [5.41, 5.74) is 0.696. The fourth-order valence-electron chi connectivity index (χ4n) is 1.72. The molecule has 0 spiro atoms. The number of nitrogens with one attached hydrogen (secondary N) is 2. The SMILES string of the molecule is Cc1[nH]ncc1S(=O)(=O)NCc1ccccc1OC(F)F. The average Bonchev–Trinajstić information content (AvgIpc) is 2.84. The van der Waals surface area contributed by atoms with E-state index in [2.05, 4.69) is 19.7 Å². The summed E-state index contributed by atoms with van der Waals surface area (Å²) < 4.78 is 55.3. The Labute approximate surface area is 120 Å². The van der Waals surface area contributed by atoms with Crippen LogP contribution in [0.4, 0.5) is 8.78 Å². The van der Waals surface area contributed by atoms with E-state index in [1.54, 1.807) is 13.0 Å². The molecule has 1 aromatic carbocycles. The summed E-state index contributed by atoms with van der Waals surface area (Å²) >= 11 is 0. The van der Waals surface area contributed by atoms with Crippen LogP contribution in [0.15, 0.2) is 35.4 Å². The van der Waals surface area contributed by atoms with Gasteiger partial charge in [0.05, 0.1) is 11.9 Å². The van der Waals surface area contributed by atoms with E-state index in [1.165, 1.54) is 24.4 Å². The summed E-state index contributed by atoms with van der Waals surface area (Å²) in [7, 11) is -3.78. The van der Waals surface area contributed by atoms with Gasteiger partial charge in [0.2, 0.25) is 10.0 Å². The molecule has 0 aliphatic carbocycles. The normalized spacial score (nSPS) is 11.8. The maximum absolute atomic E-state index is 12.3. The minimum Gasteiger partial charge on any atom is -0.434 e. The number of rotatable bonds is 6. The number of aromatic amines is 1. The molecule has 0 saturated carbocycles. The highest BCUT2D eigenvalue weighted by Crippen LogP contribution is 2.21. The molecule has 9 heteroatoms. The van der Waals surface area contributed by atoms with E-state index in [4.69, 9.17) is 0 Å². The zero-order valence-corrected chi connectivity index (χ0v) is 11.8. The van der Waals surface area contributed by atoms with Crippen LogP contribution < -0.4 is 9.46 Å². The van der Waals surface area contributed by atoms with Gasteiger partial charge in [-0.15, -0.1) is 0 Å². The third-order valence-electron chi connectivity index (χ3n) is 2.71. The van der Waals surface area contributed by atoms with E-state index < -0.39 is 16.6 Å². The van der Waals surface area contributed by atoms with Crippen molar-refractivity contribution in [1.82, 2.24) is 14.9 Å². The first-order valence-electron chi connectivity index (χ1n) is 5.92. The standard InChI is InChI=1S/C12H13F2N3O3S/c1-8-11(7-15-17-8)21(18,19)16-6-9-4-2-3-5-10(9)20-12(13)14/h2-5,7,12,16H,6H2,1H3,(H,15,17). The molecule has 0 unspecified atom stereocenters. The molecule has 1 aromatic heterocycles. The van der Waals surface area contributed by atoms with Gasteiger partial charge < -0.3 is 4.74 Å². The molecule has 6 nitrogen and oxygen atoms in total. The van der Waals surface area contributed by atoms with Gasteiger partial charge in [0, 0.05) is 12.1 Å². The number of para-hydroxylation sites is 1. The molecule has 2 rings (SSSR count). The zero-order valence-electron chi connectivity index (χ0n) is 11.0. The third-order valence-corrected chi connectivity index (χ3v) is 4.23. The van der Waals surface area contributed by atoms with Crippen molar-refractivity contribution in [2.75, 3.05) is 0 Å². The van der Waals surface area contributed by atoms with Gasteiger partial charge in [0.15, 0.2) is 0 Å². The number of benzene rings is 1. The van der Waals surface area contributed by atoms with Gasteiger partial charge in [-0.05, 0) is 13.0 Å². The van der Waals surface area contributed by atoms with Crippen molar-refractivity contribution in [3.63, 3.8) is 0 Å². The van der Waals surface area contributed by atoms with Crippen LogP contribution in [0, 0.1) is 6.92 Å². The van der Waals surface area contributed by atoms with Crippen molar-refractivity contribution in [3.05, 3.63) is 41.7 Å². The number of ether oxygens (including phenoxy) is 1. The van der Waals surface area contributed by atoms with Crippen LogP contribution in [-0.2, 0) is 16.6 Å². The lowest BCUT2D eigenvalue weighted by atomic mass is 10.2. The topological polar surface area (TPSA) is 84.1 Å². The first-order valence-corrected chi connectivity index (χ1v) is 7.41. The number of H-pyrrole nitrogens is 1. The van der Waals surface area contributed by atoms with E-state index in [0.29, 0.717) is 11.3 Å². The Hall–Kier alpha value is -2.00. The van der Waals surface area contributed by atoms with Crippen LogP contribution >= 0.6 is 0 Å². The van der Waals surface area contributed by atoms with Crippen molar-refractivity contribution >= 4 is 10.0 Å². The summed E-state index contributed by atoms with van der Waals surface area (Å²) in [6.07, 6.45) is 1.18. The summed E-state index contributed by atoms with van der Waals surface area (Å²) in [5, 5.41) is 6.15. The minimum absolute atomic E-state index is 0.00904. The molecule has 0 bridgehead atoms. The van der Waals surface area contributed by atoms with Gasteiger partial charge in [-0.3, -0.25) is 5.10 Å². The number of aromatic nitrogens is 2. The summed E-state index contributed by atoms with van der Waals surface area (Å²) in [6, 6.07) is 5.97. The van der Waals surface area contributed by atoms with Gasteiger partial charge in [-0.25, -0.2) is 13.1 Å². The largest absolute Gasteiger partial charge is 0.434 e. The molecule has 2 N–H and O–H groups in total. The van der Waals surface area contributed by atoms with Crippen LogP contribution in [0.5, 0.6) is 5.75 Å². The Balaban J connectivity index is 2.15. The molecule has 2 aromatic rings. The molecule has 21 heavy (non-hydrogen) atoms. The summed E-state index contributed by atoms with van der Waals surface area (Å²) in [5.74, 6) is -0.0703. The van der Waals surface area contributed by atoms with Crippen LogP contribution in [0.2, 0.25) is 0 Å². The zero-order chi connectivity index (χ0) is 15.5. The van der Waals surface area contributed by atoms with Gasteiger partial charge in [0.1, 0.15) is 10.6 Å². The fraction of sp³-hybridized carbons (Fsp3) is 0.250. The molecule has 0 atom stereocenters. The number of hydrogen-bond donors (Lipinski definition) is 2. The first kappa shape index (κ1) is 15.4. The first-order chi connectivity index (χ1) is 9.90. The fourth-order valence-corrected chi connectivity index (χ4v) is 2.86. The van der Waals surface area contributed by atoms with Crippen LogP contribution in [0.25, 0.3) is 0 Å². The minimum atomic E-state index is -3.78. The van der Waals surface area contributed by atoms with Crippen LogP contribution in [0.1, 0.15) is 11.3 Å². The molecule has 114 valence electrons. The Morgan fingerprint density at radius 1 is 1.38 bits per heavy atom. The third kappa shape index (κ3) is 3.76. The molecule has 0 aliphatic rings. The van der Waals surface area contributed by atoms with Crippen LogP contribution in [-0.4, -0.2) is 25.2 Å². The van der Waals surface area contributed by atoms with Crippen LogP contribution in [0.3, 0.4) is 0 Å². The van der Waals surface area contributed by atoms with Gasteiger partial charge in [-0.1, -0.05) is 18.2 Å². The summed E-state index contributed by atoms with van der Waals surface area (Å²) in [6.45, 7) is -1.58. The van der Waals surface area contributed by atoms with Crippen molar-refractivity contribution in [3.8, 4) is 5.75 Å². The predicted molar refractivity (Wildman–Crippen MR) is 70.4 cm³/mol. The Bertz CT molecular complexity index is 716. The Kier molecular flexibility index (Phi) is 4.53. The van der Waals surface area contributed by atoms with E-state index in [-0.39, 0.29) is 17.2 Å². The number of nitrogens with zero attached hydrogens (tertiary/aromatic N) is 1. The van der Waals surface area contributed by atoms with E-state index in [1.807, 2.05) is 0 Å². The molecular weight excluding hydrogens is 304 g/mol. The van der Waals surface area contributed by atoms with Gasteiger partial charge >= 0.3 is 6.61 Å². The molecule has 0 saturated heterocycles. The second kappa shape index (κ2) is 6.19. The summed E-state index contributed by atoms with van der Waals surface area (Å²) in [4.78, 5) is 0.00904. The number of alkyl halides is 2. The second-order valence-corrected chi connectivity index (χ2v) is 5.91. The lowest BCUT2D eigenvalue weighted by molar-refractivity contribution is -0.0504. The molecule has 0 amide bonds. The highest BCUT2D eigenvalue weighted by atomic mass is 32.2. The second-order valence-electron chi connectivity index (χ2n) is 4.17. The number of halogens is 2. The molecule has 0 fully saturated rings. The molecule has 0 radical (unpaired) electrons. The highest BCUT2D eigenvalue weighted by Gasteiger charge is 2.19. The smallest absolute Gasteiger partial charge is 0.387 e.